The summed E-state index contributed by atoms with van der Waals surface area (Å²) in [5.41, 5.74) is 6.04. The monoisotopic (exact) mass is 577 g/mol. The fraction of sp³-hybridized carbons (Fsp3) is 0.500. The number of imidazole rings is 1. The van der Waals surface area contributed by atoms with E-state index in [-0.39, 0.29) is 182 Å². The largest absolute Gasteiger partial charge is 1.00 e. The van der Waals surface area contributed by atoms with Crippen LogP contribution in [0.15, 0.2) is 12.7 Å². The van der Waals surface area contributed by atoms with Crippen LogP contribution >= 0.6 is 15.6 Å². The summed E-state index contributed by atoms with van der Waals surface area (Å²) in [6.07, 6.45) is -3.48. The smallest absolute Gasteiger partial charge is 0.790 e. The third-order valence-electron chi connectivity index (χ3n) is 3.60. The number of phosphoric ester groups is 1. The van der Waals surface area contributed by atoms with Crippen molar-refractivity contribution in [3.8, 4) is 0 Å². The van der Waals surface area contributed by atoms with E-state index in [4.69, 9.17) is 10.5 Å². The number of aliphatic hydroxyl groups excluding tert-OH is 2. The molecule has 3 heterocycles. The van der Waals surface area contributed by atoms with Crippen LogP contribution in [-0.4, -0.2) is 65.6 Å². The zero-order valence-electron chi connectivity index (χ0n) is 17.1. The Balaban J connectivity index is -0.00000168. The minimum Gasteiger partial charge on any atom is -0.790 e. The van der Waals surface area contributed by atoms with E-state index in [1.54, 1.807) is 0 Å². The third kappa shape index (κ3) is 10.2. The van der Waals surface area contributed by atoms with Gasteiger partial charge in [-0.25, -0.2) is 15.0 Å². The van der Waals surface area contributed by atoms with Gasteiger partial charge in [-0.1, -0.05) is 0 Å². The molecular weight excluding hydrogens is 561 g/mol. The number of hydrogen-bond donors (Lipinski definition) is 3. The number of rotatable bonds is 6. The zero-order chi connectivity index (χ0) is 20.0. The van der Waals surface area contributed by atoms with Crippen LogP contribution in [-0.2, 0) is 22.7 Å². The van der Waals surface area contributed by atoms with Gasteiger partial charge in [0.1, 0.15) is 30.2 Å². The molecule has 1 fully saturated rings. The predicted molar refractivity (Wildman–Crippen MR) is 85.1 cm³/mol. The van der Waals surface area contributed by atoms with Crippen molar-refractivity contribution in [3.63, 3.8) is 0 Å². The molecule has 0 bridgehead atoms. The second-order valence-electron chi connectivity index (χ2n) is 5.40. The predicted octanol–water partition coefficient (Wildman–Crippen LogP) is -14.3. The summed E-state index contributed by atoms with van der Waals surface area (Å²) in [4.78, 5) is 43.7. The molecule has 0 radical (unpaired) electrons. The molecule has 0 aromatic carbocycles. The van der Waals surface area contributed by atoms with E-state index in [1.165, 1.54) is 10.9 Å². The Bertz CT molecular complexity index is 949. The van der Waals surface area contributed by atoms with Crippen LogP contribution in [0.2, 0.25) is 0 Å². The third-order valence-corrected chi connectivity index (χ3v) is 5.66. The molecule has 2 aromatic heterocycles. The van der Waals surface area contributed by atoms with Crippen LogP contribution in [0.5, 0.6) is 0 Å². The Hall–Kier alpha value is 3.32. The van der Waals surface area contributed by atoms with Crippen LogP contribution < -0.4 is 175 Å². The molecule has 17 nitrogen and oxygen atoms in total. The van der Waals surface area contributed by atoms with E-state index in [2.05, 4.69) is 23.8 Å². The number of phosphoric acid groups is 2. The van der Waals surface area contributed by atoms with Crippen molar-refractivity contribution in [2.75, 3.05) is 12.3 Å². The number of hydrogen-bond acceptors (Lipinski definition) is 14. The first kappa shape index (κ1) is 39.8. The van der Waals surface area contributed by atoms with Crippen LogP contribution in [0.25, 0.3) is 11.2 Å². The topological polar surface area (TPSA) is 304 Å². The van der Waals surface area contributed by atoms with E-state index in [0.29, 0.717) is 0 Å². The van der Waals surface area contributed by atoms with Gasteiger partial charge in [0, 0.05) is 0 Å². The van der Waals surface area contributed by atoms with Gasteiger partial charge in [0.25, 0.3) is 7.82 Å². The van der Waals surface area contributed by atoms with Gasteiger partial charge >= 0.3 is 154 Å². The molecule has 1 unspecified atom stereocenters. The van der Waals surface area contributed by atoms with E-state index in [9.17, 15) is 34.0 Å². The summed E-state index contributed by atoms with van der Waals surface area (Å²) in [6, 6.07) is 0. The van der Waals surface area contributed by atoms with Crippen molar-refractivity contribution >= 4 is 32.6 Å². The summed E-state index contributed by atoms with van der Waals surface area (Å²) in [5.74, 6) is 0.0655. The Morgan fingerprint density at radius 2 is 1.69 bits per heavy atom. The van der Waals surface area contributed by atoms with E-state index in [0.717, 1.165) is 6.33 Å². The molecule has 0 spiro atoms. The molecule has 8 N–H and O–H groups in total. The average molecular weight is 578 g/mol. The first-order chi connectivity index (χ1) is 12.5. The molecule has 2 aromatic rings. The van der Waals surface area contributed by atoms with Crippen LogP contribution in [0.1, 0.15) is 6.23 Å². The molecule has 22 heteroatoms. The molecule has 166 valence electrons. The Kier molecular flexibility index (Phi) is 20.3. The summed E-state index contributed by atoms with van der Waals surface area (Å²) in [6.45, 7) is -0.931. The van der Waals surface area contributed by atoms with Gasteiger partial charge in [-0.2, -0.15) is 0 Å². The van der Waals surface area contributed by atoms with Crippen molar-refractivity contribution in [2.24, 2.45) is 0 Å². The van der Waals surface area contributed by atoms with E-state index >= 15 is 0 Å². The quantitative estimate of drug-likeness (QED) is 0.212. The molecule has 32 heavy (non-hydrogen) atoms. The van der Waals surface area contributed by atoms with Gasteiger partial charge in [-0.3, -0.25) is 13.4 Å². The van der Waals surface area contributed by atoms with Crippen molar-refractivity contribution in [1.29, 1.82) is 0 Å². The molecule has 3 rings (SSSR count). The van der Waals surface area contributed by atoms with E-state index < -0.39 is 46.8 Å². The maximum Gasteiger partial charge on any atom is 1.00 e. The van der Waals surface area contributed by atoms with Crippen molar-refractivity contribution < 1.29 is 213 Å². The van der Waals surface area contributed by atoms with Gasteiger partial charge in [0.2, 0.25) is 0 Å². The maximum absolute atomic E-state index is 11.3. The minimum atomic E-state index is -5.85. The second kappa shape index (κ2) is 16.3. The SMILES string of the molecule is Nc1ncnc2c1ncn2[C@@H]1O[C@H](COP(=O)([O-])OP(=O)([O-])[O-])[C@@H](O)[C@H]1O.O.O.[K+].[K+].[K+]. The molecule has 1 aliphatic rings. The number of fused-ring (bicyclic) bond motifs is 1. The maximum atomic E-state index is 11.3. The Morgan fingerprint density at radius 1 is 1.09 bits per heavy atom. The van der Waals surface area contributed by atoms with Crippen LogP contribution in [0.4, 0.5) is 5.82 Å². The first-order valence-electron chi connectivity index (χ1n) is 7.12. The second-order valence-corrected chi connectivity index (χ2v) is 8.10. The molecule has 0 aliphatic carbocycles. The molecule has 0 saturated carbocycles. The Labute approximate surface area is 307 Å². The van der Waals surface area contributed by atoms with Gasteiger partial charge in [0.15, 0.2) is 17.7 Å². The molecule has 1 aliphatic heterocycles. The van der Waals surface area contributed by atoms with Crippen LogP contribution in [0, 0.1) is 0 Å². The van der Waals surface area contributed by atoms with Gasteiger partial charge in [-0.05, 0) is 0 Å². The summed E-state index contributed by atoms with van der Waals surface area (Å²) < 4.78 is 35.7. The first-order valence-corrected chi connectivity index (χ1v) is 10.0. The van der Waals surface area contributed by atoms with Crippen molar-refractivity contribution in [2.45, 2.75) is 24.5 Å². The zero-order valence-corrected chi connectivity index (χ0v) is 28.3. The minimum absolute atomic E-state index is 0. The fourth-order valence-corrected chi connectivity index (χ4v) is 3.96. The van der Waals surface area contributed by atoms with Crippen molar-refractivity contribution in [3.05, 3.63) is 12.7 Å². The summed E-state index contributed by atoms with van der Waals surface area (Å²) >= 11 is 0. The number of ether oxygens (including phenoxy) is 1. The average Bonchev–Trinajstić information content (AvgIpc) is 3.07. The van der Waals surface area contributed by atoms with Gasteiger partial charge in [0.05, 0.1) is 20.8 Å². The number of anilines is 1. The summed E-state index contributed by atoms with van der Waals surface area (Å²) in [7, 11) is -11.4. The number of nitrogen functional groups attached to an aromatic ring is 1. The number of aliphatic hydroxyl groups is 2. The molecule has 5 atom stereocenters. The normalized spacial score (nSPS) is 24.0. The van der Waals surface area contributed by atoms with Gasteiger partial charge < -0.3 is 55.4 Å². The standard InChI is InChI=1S/C10H15N5O10P2.3K.2H2O/c11-8-5-9(13-2-12-8)15(3-14-5)10-7(17)6(16)4(24-10)1-23-27(21,22)25-26(18,19)20;;;;;/h2-4,6-7,10,16-17H,1H2,(H,21,22)(H2,11,12,13)(H2,18,19,20);;;;2*1H2/q;3*+1;;/p-3/t4-,6-,7-,10-;;;;;/m1...../s1. The van der Waals surface area contributed by atoms with Gasteiger partial charge in [-0.15, -0.1) is 0 Å². The molecule has 1 saturated heterocycles. The number of aromatic nitrogens is 4. The fourth-order valence-electron chi connectivity index (χ4n) is 2.46. The summed E-state index contributed by atoms with van der Waals surface area (Å²) in [5, 5.41) is 20.2. The Morgan fingerprint density at radius 3 is 2.25 bits per heavy atom. The van der Waals surface area contributed by atoms with Crippen molar-refractivity contribution in [1.82, 2.24) is 19.5 Å². The van der Waals surface area contributed by atoms with Crippen LogP contribution in [0.3, 0.4) is 0 Å². The molecular formula is C10H16K3N5O12P2. The number of nitrogens with two attached hydrogens (primary N) is 1. The molecule has 0 amide bonds. The van der Waals surface area contributed by atoms with E-state index in [1.807, 2.05) is 0 Å². The number of nitrogens with zero attached hydrogens (tertiary/aromatic N) is 4.